The third-order valence-electron chi connectivity index (χ3n) is 4.37. The number of fused-ring (bicyclic) bond motifs is 3. The SMILES string of the molecule is CCc1ccc(-n2cnc3c(sc4cncc(N(C)C)c43)c2=O)cc1. The lowest BCUT2D eigenvalue weighted by Gasteiger charge is -2.13. The molecule has 0 saturated carbocycles. The van der Waals surface area contributed by atoms with Crippen molar-refractivity contribution in [3.05, 3.63) is 58.9 Å². The second-order valence-electron chi connectivity index (χ2n) is 6.15. The zero-order chi connectivity index (χ0) is 17.6. The van der Waals surface area contributed by atoms with E-state index in [1.54, 1.807) is 17.1 Å². The van der Waals surface area contributed by atoms with E-state index in [2.05, 4.69) is 16.9 Å². The molecule has 5 nitrogen and oxygen atoms in total. The van der Waals surface area contributed by atoms with Crippen molar-refractivity contribution in [1.29, 1.82) is 0 Å². The summed E-state index contributed by atoms with van der Waals surface area (Å²) in [5, 5.41) is 0.991. The number of thiophene rings is 1. The topological polar surface area (TPSA) is 51.0 Å². The number of rotatable bonds is 3. The third-order valence-corrected chi connectivity index (χ3v) is 5.48. The summed E-state index contributed by atoms with van der Waals surface area (Å²) in [5.74, 6) is 0. The summed E-state index contributed by atoms with van der Waals surface area (Å²) < 4.78 is 3.25. The van der Waals surface area contributed by atoms with Crippen molar-refractivity contribution in [3.8, 4) is 5.69 Å². The zero-order valence-corrected chi connectivity index (χ0v) is 15.2. The Bertz CT molecular complexity index is 1130. The molecule has 3 heterocycles. The molecular formula is C19H18N4OS. The van der Waals surface area contributed by atoms with E-state index in [9.17, 15) is 4.79 Å². The van der Waals surface area contributed by atoms with Crippen LogP contribution in [0, 0.1) is 0 Å². The van der Waals surface area contributed by atoms with Gasteiger partial charge in [-0.2, -0.15) is 0 Å². The number of hydrogen-bond donors (Lipinski definition) is 0. The molecule has 4 aromatic rings. The Morgan fingerprint density at radius 2 is 1.92 bits per heavy atom. The van der Waals surface area contributed by atoms with Gasteiger partial charge in [-0.3, -0.25) is 14.3 Å². The molecule has 3 aromatic heterocycles. The van der Waals surface area contributed by atoms with E-state index in [0.29, 0.717) is 4.70 Å². The number of benzene rings is 1. The van der Waals surface area contributed by atoms with Gasteiger partial charge in [0.05, 0.1) is 27.8 Å². The lowest BCUT2D eigenvalue weighted by atomic mass is 10.1. The van der Waals surface area contributed by atoms with E-state index >= 15 is 0 Å². The van der Waals surface area contributed by atoms with Gasteiger partial charge in [-0.25, -0.2) is 4.98 Å². The highest BCUT2D eigenvalue weighted by molar-refractivity contribution is 7.25. The molecule has 1 aromatic carbocycles. The van der Waals surface area contributed by atoms with Gasteiger partial charge in [0.25, 0.3) is 5.56 Å². The summed E-state index contributed by atoms with van der Waals surface area (Å²) in [5.41, 5.74) is 3.76. The quantitative estimate of drug-likeness (QED) is 0.566. The minimum atomic E-state index is -0.0415. The maximum atomic E-state index is 13.0. The van der Waals surface area contributed by atoms with Gasteiger partial charge in [-0.1, -0.05) is 19.1 Å². The molecule has 0 N–H and O–H groups in total. The van der Waals surface area contributed by atoms with Gasteiger partial charge in [-0.15, -0.1) is 11.3 Å². The van der Waals surface area contributed by atoms with E-state index in [0.717, 1.165) is 33.4 Å². The van der Waals surface area contributed by atoms with Crippen LogP contribution in [0.5, 0.6) is 0 Å². The number of aryl methyl sites for hydroxylation is 1. The molecule has 0 atom stereocenters. The van der Waals surface area contributed by atoms with Crippen LogP contribution in [0.3, 0.4) is 0 Å². The van der Waals surface area contributed by atoms with E-state index in [-0.39, 0.29) is 5.56 Å². The van der Waals surface area contributed by atoms with Crippen LogP contribution in [0.1, 0.15) is 12.5 Å². The summed E-state index contributed by atoms with van der Waals surface area (Å²) in [7, 11) is 3.94. The lowest BCUT2D eigenvalue weighted by molar-refractivity contribution is 0.964. The monoisotopic (exact) mass is 350 g/mol. The minimum absolute atomic E-state index is 0.0415. The number of anilines is 1. The van der Waals surface area contributed by atoms with Gasteiger partial charge in [-0.05, 0) is 24.1 Å². The van der Waals surface area contributed by atoms with Gasteiger partial charge in [0.15, 0.2) is 0 Å². The molecule has 0 aliphatic carbocycles. The summed E-state index contributed by atoms with van der Waals surface area (Å²) in [6.45, 7) is 2.11. The molecular weight excluding hydrogens is 332 g/mol. The van der Waals surface area contributed by atoms with Gasteiger partial charge < -0.3 is 4.90 Å². The second kappa shape index (κ2) is 5.97. The third kappa shape index (κ3) is 2.49. The van der Waals surface area contributed by atoms with Gasteiger partial charge in [0.1, 0.15) is 11.0 Å². The summed E-state index contributed by atoms with van der Waals surface area (Å²) in [4.78, 5) is 23.9. The standard InChI is InChI=1S/C19H18N4OS/c1-4-12-5-7-13(8-6-12)23-11-21-17-16-14(22(2)3)9-20-10-15(16)25-18(17)19(23)24/h5-11H,4H2,1-3H3. The normalized spacial score (nSPS) is 11.3. The second-order valence-corrected chi connectivity index (χ2v) is 7.20. The van der Waals surface area contributed by atoms with Crippen LogP contribution < -0.4 is 10.5 Å². The van der Waals surface area contributed by atoms with Crippen molar-refractivity contribution in [2.45, 2.75) is 13.3 Å². The van der Waals surface area contributed by atoms with E-state index in [4.69, 9.17) is 0 Å². The number of pyridine rings is 1. The van der Waals surface area contributed by atoms with Crippen LogP contribution in [-0.4, -0.2) is 28.6 Å². The van der Waals surface area contributed by atoms with Crippen LogP contribution >= 0.6 is 11.3 Å². The number of hydrogen-bond acceptors (Lipinski definition) is 5. The van der Waals surface area contributed by atoms with E-state index in [1.165, 1.54) is 16.9 Å². The highest BCUT2D eigenvalue weighted by Gasteiger charge is 2.16. The number of aromatic nitrogens is 3. The average Bonchev–Trinajstić information content (AvgIpc) is 3.02. The largest absolute Gasteiger partial charge is 0.376 e. The van der Waals surface area contributed by atoms with Crippen LogP contribution in [0.15, 0.2) is 47.8 Å². The fraction of sp³-hybridized carbons (Fsp3) is 0.211. The first-order chi connectivity index (χ1) is 12.1. The molecule has 0 spiro atoms. The highest BCUT2D eigenvalue weighted by atomic mass is 32.1. The molecule has 0 unspecified atom stereocenters. The Morgan fingerprint density at radius 1 is 1.16 bits per heavy atom. The first-order valence-corrected chi connectivity index (χ1v) is 8.96. The van der Waals surface area contributed by atoms with E-state index in [1.807, 2.05) is 49.5 Å². The van der Waals surface area contributed by atoms with Crippen LogP contribution in [0.25, 0.3) is 26.0 Å². The molecule has 0 radical (unpaired) electrons. The van der Waals surface area contributed by atoms with Crippen LogP contribution in [0.4, 0.5) is 5.69 Å². The lowest BCUT2D eigenvalue weighted by Crippen LogP contribution is -2.17. The van der Waals surface area contributed by atoms with Crippen molar-refractivity contribution in [2.24, 2.45) is 0 Å². The Hall–Kier alpha value is -2.73. The average molecular weight is 350 g/mol. The summed E-state index contributed by atoms with van der Waals surface area (Å²) in [6.07, 6.45) is 6.21. The first-order valence-electron chi connectivity index (χ1n) is 8.14. The fourth-order valence-corrected chi connectivity index (χ4v) is 4.05. The molecule has 126 valence electrons. The minimum Gasteiger partial charge on any atom is -0.376 e. The van der Waals surface area contributed by atoms with Gasteiger partial charge >= 0.3 is 0 Å². The van der Waals surface area contributed by atoms with Crippen molar-refractivity contribution in [1.82, 2.24) is 14.5 Å². The van der Waals surface area contributed by atoms with Crippen molar-refractivity contribution < 1.29 is 0 Å². The number of nitrogens with zero attached hydrogens (tertiary/aromatic N) is 4. The van der Waals surface area contributed by atoms with E-state index < -0.39 is 0 Å². The maximum Gasteiger partial charge on any atom is 0.275 e. The summed E-state index contributed by atoms with van der Waals surface area (Å²) >= 11 is 1.45. The van der Waals surface area contributed by atoms with Gasteiger partial charge in [0, 0.05) is 25.7 Å². The Labute approximate surface area is 149 Å². The highest BCUT2D eigenvalue weighted by Crippen LogP contribution is 2.35. The molecule has 6 heteroatoms. The maximum absolute atomic E-state index is 13.0. The Morgan fingerprint density at radius 3 is 2.60 bits per heavy atom. The predicted octanol–water partition coefficient (Wildman–Crippen LogP) is 3.62. The fourth-order valence-electron chi connectivity index (χ4n) is 2.98. The summed E-state index contributed by atoms with van der Waals surface area (Å²) in [6, 6.07) is 8.03. The molecule has 0 aliphatic rings. The molecule has 0 bridgehead atoms. The predicted molar refractivity (Wildman–Crippen MR) is 104 cm³/mol. The zero-order valence-electron chi connectivity index (χ0n) is 14.4. The van der Waals surface area contributed by atoms with Crippen molar-refractivity contribution >= 4 is 37.3 Å². The molecule has 0 aliphatic heterocycles. The van der Waals surface area contributed by atoms with Crippen LogP contribution in [0.2, 0.25) is 0 Å². The molecule has 25 heavy (non-hydrogen) atoms. The van der Waals surface area contributed by atoms with Crippen LogP contribution in [-0.2, 0) is 6.42 Å². The molecule has 4 rings (SSSR count). The van der Waals surface area contributed by atoms with Crippen molar-refractivity contribution in [3.63, 3.8) is 0 Å². The van der Waals surface area contributed by atoms with Crippen molar-refractivity contribution in [2.75, 3.05) is 19.0 Å². The molecule has 0 saturated heterocycles. The Kier molecular flexibility index (Phi) is 3.77. The first kappa shape index (κ1) is 15.8. The molecule has 0 fully saturated rings. The molecule has 0 amide bonds. The smallest absolute Gasteiger partial charge is 0.275 e. The van der Waals surface area contributed by atoms with Gasteiger partial charge in [0.2, 0.25) is 0 Å². The Balaban J connectivity index is 1.98.